The Hall–Kier alpha value is -7.57. The Labute approximate surface area is 313 Å². The van der Waals surface area contributed by atoms with Crippen molar-refractivity contribution in [3.8, 4) is 17.1 Å². The molecule has 12 rings (SSSR count). The van der Waals surface area contributed by atoms with Gasteiger partial charge >= 0.3 is 0 Å². The Morgan fingerprint density at radius 3 is 1.91 bits per heavy atom. The number of oxazole rings is 1. The van der Waals surface area contributed by atoms with Crippen LogP contribution in [0.2, 0.25) is 0 Å². The molecular formula is C49H29N3O3. The fourth-order valence-electron chi connectivity index (χ4n) is 8.43. The van der Waals surface area contributed by atoms with Gasteiger partial charge < -0.3 is 22.7 Å². The maximum atomic E-state index is 6.89. The molecule has 0 saturated heterocycles. The number of hydrogen-bond donors (Lipinski definition) is 0. The van der Waals surface area contributed by atoms with E-state index in [1.54, 1.807) is 0 Å². The van der Waals surface area contributed by atoms with Gasteiger partial charge in [0.15, 0.2) is 11.2 Å². The number of fused-ring (bicyclic) bond motifs is 11. The number of furan rings is 2. The zero-order valence-electron chi connectivity index (χ0n) is 29.3. The molecule has 0 bridgehead atoms. The highest BCUT2D eigenvalue weighted by molar-refractivity contribution is 6.23. The number of rotatable bonds is 5. The van der Waals surface area contributed by atoms with Crippen LogP contribution >= 0.6 is 0 Å². The fourth-order valence-corrected chi connectivity index (χ4v) is 8.43. The first-order chi connectivity index (χ1) is 27.3. The first-order valence-corrected chi connectivity index (χ1v) is 18.4. The zero-order chi connectivity index (χ0) is 36.0. The minimum Gasteiger partial charge on any atom is -0.456 e. The summed E-state index contributed by atoms with van der Waals surface area (Å²) in [6.45, 7) is 0. The second-order valence-electron chi connectivity index (χ2n) is 13.9. The molecule has 0 aliphatic carbocycles. The van der Waals surface area contributed by atoms with Crippen molar-refractivity contribution >= 4 is 93.8 Å². The summed E-state index contributed by atoms with van der Waals surface area (Å²) in [5.74, 6) is 0.558. The summed E-state index contributed by atoms with van der Waals surface area (Å²) in [6, 6.07) is 60.7. The minimum absolute atomic E-state index is 0.558. The average molecular weight is 708 g/mol. The first-order valence-electron chi connectivity index (χ1n) is 18.4. The number of hydrogen-bond acceptors (Lipinski definition) is 5. The molecule has 6 heteroatoms. The smallest absolute Gasteiger partial charge is 0.227 e. The molecule has 0 aliphatic heterocycles. The molecule has 0 saturated carbocycles. The minimum atomic E-state index is 0.558. The van der Waals surface area contributed by atoms with Gasteiger partial charge in [-0.2, -0.15) is 0 Å². The molecular weight excluding hydrogens is 679 g/mol. The fraction of sp³-hybridized carbons (Fsp3) is 0. The Kier molecular flexibility index (Phi) is 6.24. The van der Waals surface area contributed by atoms with Gasteiger partial charge in [-0.3, -0.25) is 0 Å². The summed E-state index contributed by atoms with van der Waals surface area (Å²) in [4.78, 5) is 7.41. The molecule has 12 aromatic rings. The van der Waals surface area contributed by atoms with Gasteiger partial charge in [-0.15, -0.1) is 0 Å². The highest BCUT2D eigenvalue weighted by Gasteiger charge is 2.27. The van der Waals surface area contributed by atoms with Crippen LogP contribution in [0.1, 0.15) is 0 Å². The Morgan fingerprint density at radius 1 is 0.436 bits per heavy atom. The molecule has 258 valence electrons. The largest absolute Gasteiger partial charge is 0.456 e. The van der Waals surface area contributed by atoms with Crippen LogP contribution < -0.4 is 4.90 Å². The van der Waals surface area contributed by atoms with Crippen LogP contribution in [0.25, 0.3) is 93.9 Å². The van der Waals surface area contributed by atoms with E-state index in [4.69, 9.17) is 18.2 Å². The quantitative estimate of drug-likeness (QED) is 0.178. The second kappa shape index (κ2) is 11.5. The summed E-state index contributed by atoms with van der Waals surface area (Å²) >= 11 is 0. The number of benzene rings is 8. The molecule has 0 radical (unpaired) electrons. The van der Waals surface area contributed by atoms with Crippen molar-refractivity contribution in [1.82, 2.24) is 9.55 Å². The van der Waals surface area contributed by atoms with E-state index in [-0.39, 0.29) is 0 Å². The average Bonchev–Trinajstić information content (AvgIpc) is 4.02. The van der Waals surface area contributed by atoms with Crippen molar-refractivity contribution in [1.29, 1.82) is 0 Å². The van der Waals surface area contributed by atoms with Gasteiger partial charge in [0.1, 0.15) is 22.3 Å². The molecule has 0 spiro atoms. The van der Waals surface area contributed by atoms with Crippen LogP contribution in [-0.2, 0) is 0 Å². The molecule has 6 nitrogen and oxygen atoms in total. The van der Waals surface area contributed by atoms with Crippen LogP contribution in [0.4, 0.5) is 17.1 Å². The normalized spacial score (nSPS) is 12.0. The molecule has 0 atom stereocenters. The topological polar surface area (TPSA) is 60.5 Å². The highest BCUT2D eigenvalue weighted by Crippen LogP contribution is 2.49. The molecule has 8 aromatic carbocycles. The van der Waals surface area contributed by atoms with Crippen molar-refractivity contribution in [3.63, 3.8) is 0 Å². The van der Waals surface area contributed by atoms with Gasteiger partial charge in [0.2, 0.25) is 5.89 Å². The maximum absolute atomic E-state index is 6.89. The molecule has 0 amide bonds. The summed E-state index contributed by atoms with van der Waals surface area (Å²) in [7, 11) is 0. The SMILES string of the molecule is c1ccc(-c2nc3c(cc(N(c4ccc5c6ccccc6n(-c6ccccc6)c5c4)c4cccc5oc6ccccc6c45)c4oc5ccccc5c43)o2)cc1. The van der Waals surface area contributed by atoms with E-state index < -0.39 is 0 Å². The summed E-state index contributed by atoms with van der Waals surface area (Å²) in [5.41, 5.74) is 11.5. The van der Waals surface area contributed by atoms with E-state index in [1.807, 2.05) is 66.7 Å². The molecule has 4 aromatic heterocycles. The standard InChI is InChI=1S/C49H29N3O3/c1-3-14-30(15-4-1)49-50-47-44(55-49)29-40(48-46(47)36-20-9-12-24-42(36)54-48)52(38-22-13-25-43-45(38)35-19-8-11-23-41(35)53-43)32-26-27-34-33-18-7-10-21-37(33)51(39(34)28-32)31-16-5-2-6-17-31/h1-29H. The molecule has 0 unspecified atom stereocenters. The predicted octanol–water partition coefficient (Wildman–Crippen LogP) is 13.9. The van der Waals surface area contributed by atoms with Crippen LogP contribution in [0.5, 0.6) is 0 Å². The second-order valence-corrected chi connectivity index (χ2v) is 13.9. The van der Waals surface area contributed by atoms with Crippen molar-refractivity contribution in [3.05, 3.63) is 176 Å². The predicted molar refractivity (Wildman–Crippen MR) is 223 cm³/mol. The van der Waals surface area contributed by atoms with Crippen molar-refractivity contribution in [2.45, 2.75) is 0 Å². The zero-order valence-corrected chi connectivity index (χ0v) is 29.3. The lowest BCUT2D eigenvalue weighted by Gasteiger charge is -2.26. The Morgan fingerprint density at radius 2 is 1.09 bits per heavy atom. The summed E-state index contributed by atoms with van der Waals surface area (Å²) in [5, 5.41) is 6.28. The van der Waals surface area contributed by atoms with E-state index in [9.17, 15) is 0 Å². The first kappa shape index (κ1) is 29.9. The van der Waals surface area contributed by atoms with Crippen molar-refractivity contribution in [2.75, 3.05) is 4.90 Å². The van der Waals surface area contributed by atoms with Gasteiger partial charge in [-0.05, 0) is 66.7 Å². The van der Waals surface area contributed by atoms with Gasteiger partial charge in [0.05, 0.1) is 33.2 Å². The van der Waals surface area contributed by atoms with E-state index in [0.29, 0.717) is 11.5 Å². The van der Waals surface area contributed by atoms with Gasteiger partial charge in [-0.25, -0.2) is 4.98 Å². The third-order valence-corrected chi connectivity index (χ3v) is 10.8. The van der Waals surface area contributed by atoms with E-state index in [2.05, 4.69) is 119 Å². The van der Waals surface area contributed by atoms with Crippen molar-refractivity contribution < 1.29 is 13.3 Å². The maximum Gasteiger partial charge on any atom is 0.227 e. The van der Waals surface area contributed by atoms with E-state index in [0.717, 1.165) is 88.7 Å². The number of nitrogens with zero attached hydrogens (tertiary/aromatic N) is 3. The number of para-hydroxylation sites is 4. The van der Waals surface area contributed by atoms with Crippen LogP contribution in [0.3, 0.4) is 0 Å². The summed E-state index contributed by atoms with van der Waals surface area (Å²) < 4.78 is 22.4. The Balaban J connectivity index is 1.22. The lowest BCUT2D eigenvalue weighted by molar-refractivity contribution is 0.619. The lowest BCUT2D eigenvalue weighted by Crippen LogP contribution is -2.11. The van der Waals surface area contributed by atoms with Crippen molar-refractivity contribution in [2.24, 2.45) is 0 Å². The Bertz CT molecular complexity index is 3440. The number of anilines is 3. The highest BCUT2D eigenvalue weighted by atomic mass is 16.4. The van der Waals surface area contributed by atoms with Crippen LogP contribution in [0.15, 0.2) is 189 Å². The van der Waals surface area contributed by atoms with E-state index >= 15 is 0 Å². The van der Waals surface area contributed by atoms with Gasteiger partial charge in [0.25, 0.3) is 0 Å². The lowest BCUT2D eigenvalue weighted by atomic mass is 10.1. The van der Waals surface area contributed by atoms with Gasteiger partial charge in [0, 0.05) is 44.5 Å². The van der Waals surface area contributed by atoms with Gasteiger partial charge in [-0.1, -0.05) is 103 Å². The third-order valence-electron chi connectivity index (χ3n) is 10.8. The van der Waals surface area contributed by atoms with E-state index in [1.165, 1.54) is 10.8 Å². The molecule has 55 heavy (non-hydrogen) atoms. The number of aromatic nitrogens is 2. The monoisotopic (exact) mass is 707 g/mol. The van der Waals surface area contributed by atoms with Crippen LogP contribution in [0, 0.1) is 0 Å². The summed E-state index contributed by atoms with van der Waals surface area (Å²) in [6.07, 6.45) is 0. The molecule has 4 heterocycles. The third kappa shape index (κ3) is 4.39. The molecule has 0 N–H and O–H groups in total. The molecule has 0 fully saturated rings. The van der Waals surface area contributed by atoms with Crippen LogP contribution in [-0.4, -0.2) is 9.55 Å². The molecule has 0 aliphatic rings.